The highest BCUT2D eigenvalue weighted by atomic mass is 32.2. The average Bonchev–Trinajstić information content (AvgIpc) is 3.43. The number of carbonyl (C=O) groups is 1. The van der Waals surface area contributed by atoms with Crippen molar-refractivity contribution in [2.75, 3.05) is 25.2 Å². The van der Waals surface area contributed by atoms with Crippen LogP contribution in [0.25, 0.3) is 11.8 Å². The van der Waals surface area contributed by atoms with Gasteiger partial charge in [0.2, 0.25) is 12.7 Å². The number of fused-ring (bicyclic) bond motifs is 2. The van der Waals surface area contributed by atoms with Crippen molar-refractivity contribution in [2.24, 2.45) is 4.99 Å². The fourth-order valence-electron chi connectivity index (χ4n) is 3.24. The molecule has 0 radical (unpaired) electrons. The number of ether oxygens (including phenoxy) is 2. The number of aliphatic imine (C=N–C) groups is 1. The number of anilines is 1. The molecule has 0 aromatic heterocycles. The Balaban J connectivity index is 1.22. The van der Waals surface area contributed by atoms with Crippen LogP contribution in [-0.2, 0) is 4.79 Å². The fraction of sp³-hybridized carbons (Fsp3) is 0.143. The molecule has 0 spiro atoms. The van der Waals surface area contributed by atoms with Crippen LogP contribution in [0.4, 0.5) is 5.69 Å². The van der Waals surface area contributed by atoms with Crippen molar-refractivity contribution in [2.45, 2.75) is 0 Å². The molecule has 1 amide bonds. The van der Waals surface area contributed by atoms with Gasteiger partial charge in [-0.1, -0.05) is 30.0 Å². The highest BCUT2D eigenvalue weighted by molar-refractivity contribution is 8.16. The van der Waals surface area contributed by atoms with Crippen LogP contribution in [0.2, 0.25) is 0 Å². The number of amidine groups is 1. The van der Waals surface area contributed by atoms with Crippen LogP contribution in [0.3, 0.4) is 0 Å². The van der Waals surface area contributed by atoms with Crippen molar-refractivity contribution in [1.29, 1.82) is 0 Å². The third-order valence-electron chi connectivity index (χ3n) is 4.64. The number of nitrogens with zero attached hydrogens (tertiary/aromatic N) is 2. The maximum absolute atomic E-state index is 12.2. The second kappa shape index (κ2) is 7.09. The van der Waals surface area contributed by atoms with Crippen LogP contribution >= 0.6 is 11.8 Å². The molecule has 0 aliphatic carbocycles. The summed E-state index contributed by atoms with van der Waals surface area (Å²) in [5.74, 6) is 1.24. The zero-order valence-electron chi connectivity index (χ0n) is 14.9. The molecule has 5 rings (SSSR count). The van der Waals surface area contributed by atoms with Crippen LogP contribution in [-0.4, -0.2) is 35.9 Å². The van der Waals surface area contributed by atoms with E-state index < -0.39 is 0 Å². The molecule has 28 heavy (non-hydrogen) atoms. The van der Waals surface area contributed by atoms with Crippen LogP contribution in [0.15, 0.2) is 58.9 Å². The monoisotopic (exact) mass is 391 g/mol. The normalized spacial score (nSPS) is 16.9. The first-order valence-electron chi connectivity index (χ1n) is 8.94. The van der Waals surface area contributed by atoms with Crippen molar-refractivity contribution >= 4 is 40.3 Å². The molecule has 0 unspecified atom stereocenters. The van der Waals surface area contributed by atoms with E-state index in [9.17, 15) is 4.79 Å². The zero-order chi connectivity index (χ0) is 18.9. The summed E-state index contributed by atoms with van der Waals surface area (Å²) in [5, 5.41) is 6.08. The molecule has 3 heterocycles. The molecular weight excluding hydrogens is 374 g/mol. The van der Waals surface area contributed by atoms with Gasteiger partial charge in [-0.05, 0) is 41.5 Å². The van der Waals surface area contributed by atoms with E-state index in [1.54, 1.807) is 17.8 Å². The Morgan fingerprint density at radius 3 is 2.89 bits per heavy atom. The molecule has 0 saturated heterocycles. The Kier molecular flexibility index (Phi) is 4.29. The van der Waals surface area contributed by atoms with Gasteiger partial charge < -0.3 is 19.7 Å². The minimum atomic E-state index is -0.185. The molecule has 0 saturated carbocycles. The number of hydrogen-bond acceptors (Lipinski definition) is 6. The van der Waals surface area contributed by atoms with Gasteiger partial charge in [-0.2, -0.15) is 0 Å². The Hall–Kier alpha value is -3.19. The van der Waals surface area contributed by atoms with E-state index in [0.717, 1.165) is 40.8 Å². The molecule has 3 aliphatic heterocycles. The summed E-state index contributed by atoms with van der Waals surface area (Å²) in [5.41, 5.74) is 3.92. The van der Waals surface area contributed by atoms with Gasteiger partial charge in [0, 0.05) is 23.7 Å². The highest BCUT2D eigenvalue weighted by Crippen LogP contribution is 2.35. The largest absolute Gasteiger partial charge is 0.454 e. The van der Waals surface area contributed by atoms with Gasteiger partial charge in [0.1, 0.15) is 0 Å². The molecule has 2 aromatic carbocycles. The summed E-state index contributed by atoms with van der Waals surface area (Å²) in [4.78, 5) is 18.9. The number of nitrogens with one attached hydrogen (secondary N) is 1. The van der Waals surface area contributed by atoms with Gasteiger partial charge in [-0.3, -0.25) is 9.79 Å². The summed E-state index contributed by atoms with van der Waals surface area (Å²) < 4.78 is 10.6. The lowest BCUT2D eigenvalue weighted by Gasteiger charge is -2.16. The third kappa shape index (κ3) is 3.25. The molecule has 140 valence electrons. The van der Waals surface area contributed by atoms with Crippen molar-refractivity contribution in [1.82, 2.24) is 4.90 Å². The maximum atomic E-state index is 12.2. The van der Waals surface area contributed by atoms with Gasteiger partial charge >= 0.3 is 0 Å². The summed E-state index contributed by atoms with van der Waals surface area (Å²) in [6.45, 7) is 2.02. The predicted octanol–water partition coefficient (Wildman–Crippen LogP) is 3.78. The number of rotatable bonds is 4. The number of carbonyl (C=O) groups excluding carboxylic acids is 1. The molecule has 2 aromatic rings. The number of benzene rings is 2. The van der Waals surface area contributed by atoms with Crippen LogP contribution in [0.5, 0.6) is 11.5 Å². The van der Waals surface area contributed by atoms with Gasteiger partial charge in [-0.25, -0.2) is 0 Å². The van der Waals surface area contributed by atoms with E-state index in [1.807, 2.05) is 42.5 Å². The van der Waals surface area contributed by atoms with Gasteiger partial charge in [0.15, 0.2) is 16.7 Å². The summed E-state index contributed by atoms with van der Waals surface area (Å²) in [6, 6.07) is 13.4. The van der Waals surface area contributed by atoms with Gasteiger partial charge in [0.05, 0.1) is 12.2 Å². The number of amides is 1. The van der Waals surface area contributed by atoms with Crippen LogP contribution < -0.4 is 14.8 Å². The lowest BCUT2D eigenvalue weighted by molar-refractivity contribution is -0.111. The van der Waals surface area contributed by atoms with Gasteiger partial charge in [0.25, 0.3) is 0 Å². The SMILES string of the molecule is O=C(/C=C/c1ccc2c(c1)OCO2)Nc1ccc(C2=CSC3=NCCN23)cc1. The molecule has 3 aliphatic rings. The Morgan fingerprint density at radius 1 is 1.14 bits per heavy atom. The van der Waals surface area contributed by atoms with E-state index >= 15 is 0 Å². The number of thioether (sulfide) groups is 1. The van der Waals surface area contributed by atoms with E-state index in [0.29, 0.717) is 5.75 Å². The fourth-order valence-corrected chi connectivity index (χ4v) is 4.21. The molecule has 7 heteroatoms. The van der Waals surface area contributed by atoms with E-state index in [2.05, 4.69) is 20.6 Å². The van der Waals surface area contributed by atoms with E-state index in [-0.39, 0.29) is 12.7 Å². The maximum Gasteiger partial charge on any atom is 0.248 e. The molecule has 0 atom stereocenters. The van der Waals surface area contributed by atoms with Crippen molar-refractivity contribution in [3.63, 3.8) is 0 Å². The van der Waals surface area contributed by atoms with Gasteiger partial charge in [-0.15, -0.1) is 0 Å². The van der Waals surface area contributed by atoms with Crippen LogP contribution in [0.1, 0.15) is 11.1 Å². The predicted molar refractivity (Wildman–Crippen MR) is 111 cm³/mol. The topological polar surface area (TPSA) is 63.2 Å². The lowest BCUT2D eigenvalue weighted by Crippen LogP contribution is -2.19. The Bertz CT molecular complexity index is 1030. The first-order chi connectivity index (χ1) is 13.8. The second-order valence-electron chi connectivity index (χ2n) is 6.45. The lowest BCUT2D eigenvalue weighted by atomic mass is 10.1. The quantitative estimate of drug-likeness (QED) is 0.804. The Labute approximate surface area is 166 Å². The number of hydrogen-bond donors (Lipinski definition) is 1. The van der Waals surface area contributed by atoms with Crippen LogP contribution in [0, 0.1) is 0 Å². The Morgan fingerprint density at radius 2 is 2.00 bits per heavy atom. The summed E-state index contributed by atoms with van der Waals surface area (Å²) >= 11 is 1.66. The molecule has 1 N–H and O–H groups in total. The van der Waals surface area contributed by atoms with Crippen molar-refractivity contribution in [3.05, 3.63) is 65.1 Å². The zero-order valence-corrected chi connectivity index (χ0v) is 15.7. The average molecular weight is 391 g/mol. The molecule has 6 nitrogen and oxygen atoms in total. The van der Waals surface area contributed by atoms with Crippen molar-refractivity contribution < 1.29 is 14.3 Å². The second-order valence-corrected chi connectivity index (χ2v) is 7.29. The van der Waals surface area contributed by atoms with Crippen molar-refractivity contribution in [3.8, 4) is 11.5 Å². The standard InChI is InChI=1S/C21H17N3O3S/c25-20(8-2-14-1-7-18-19(11-14)27-13-26-18)23-16-5-3-15(4-6-16)17-12-28-21-22-9-10-24(17)21/h1-8,11-12H,9-10,13H2,(H,23,25)/b8-2+. The van der Waals surface area contributed by atoms with E-state index in [1.165, 1.54) is 11.8 Å². The first-order valence-corrected chi connectivity index (χ1v) is 9.82. The van der Waals surface area contributed by atoms with E-state index in [4.69, 9.17) is 9.47 Å². The minimum Gasteiger partial charge on any atom is -0.454 e. The molecule has 0 bridgehead atoms. The smallest absolute Gasteiger partial charge is 0.248 e. The minimum absolute atomic E-state index is 0.185. The summed E-state index contributed by atoms with van der Waals surface area (Å²) in [7, 11) is 0. The summed E-state index contributed by atoms with van der Waals surface area (Å²) in [6.07, 6.45) is 3.26. The third-order valence-corrected chi connectivity index (χ3v) is 5.54. The molecular formula is C21H17N3O3S. The first kappa shape index (κ1) is 16.9. The highest BCUT2D eigenvalue weighted by Gasteiger charge is 2.26. The molecule has 0 fully saturated rings.